The second-order valence-corrected chi connectivity index (χ2v) is 7.49. The number of amides is 2. The van der Waals surface area contributed by atoms with E-state index < -0.39 is 0 Å². The number of para-hydroxylation sites is 1. The quantitative estimate of drug-likeness (QED) is 0.703. The molecule has 0 spiro atoms. The van der Waals surface area contributed by atoms with Crippen LogP contribution in [0.5, 0.6) is 0 Å². The van der Waals surface area contributed by atoms with Crippen LogP contribution in [0.25, 0.3) is 5.69 Å². The molecule has 0 saturated carbocycles. The van der Waals surface area contributed by atoms with Crippen molar-refractivity contribution in [3.8, 4) is 5.69 Å². The minimum atomic E-state index is -0.117. The average molecular weight is 404 g/mol. The fourth-order valence-corrected chi connectivity index (χ4v) is 3.62. The van der Waals surface area contributed by atoms with Crippen molar-refractivity contribution in [2.24, 2.45) is 5.92 Å². The number of likely N-dealkylation sites (tertiary alicyclic amines) is 1. The molecule has 1 saturated heterocycles. The molecule has 8 heteroatoms. The van der Waals surface area contributed by atoms with Gasteiger partial charge >= 0.3 is 0 Å². The number of aryl methyl sites for hydroxylation is 1. The third-order valence-corrected chi connectivity index (χ3v) is 5.41. The zero-order valence-electron chi connectivity index (χ0n) is 16.9. The molecule has 0 atom stereocenters. The number of aromatic nitrogens is 4. The van der Waals surface area contributed by atoms with Gasteiger partial charge in [-0.15, -0.1) is 5.10 Å². The lowest BCUT2D eigenvalue weighted by atomic mass is 9.95. The fraction of sp³-hybridized carbons (Fsp3) is 0.318. The van der Waals surface area contributed by atoms with Gasteiger partial charge in [-0.2, -0.15) is 4.68 Å². The Morgan fingerprint density at radius 1 is 1.03 bits per heavy atom. The van der Waals surface area contributed by atoms with E-state index in [4.69, 9.17) is 0 Å². The van der Waals surface area contributed by atoms with Crippen LogP contribution in [0.4, 0.5) is 0 Å². The number of nitrogens with one attached hydrogen (secondary N) is 1. The lowest BCUT2D eigenvalue weighted by Crippen LogP contribution is -2.43. The van der Waals surface area contributed by atoms with Crippen molar-refractivity contribution in [2.75, 3.05) is 13.1 Å². The Morgan fingerprint density at radius 2 is 1.73 bits per heavy atom. The van der Waals surface area contributed by atoms with Crippen molar-refractivity contribution in [3.05, 3.63) is 71.5 Å². The number of rotatable bonds is 5. The first-order valence-electron chi connectivity index (χ1n) is 10.1. The molecule has 154 valence electrons. The monoisotopic (exact) mass is 404 g/mol. The first-order valence-corrected chi connectivity index (χ1v) is 10.1. The van der Waals surface area contributed by atoms with Crippen molar-refractivity contribution in [1.29, 1.82) is 0 Å². The number of tetrazole rings is 1. The normalized spacial score (nSPS) is 14.5. The van der Waals surface area contributed by atoms with Crippen LogP contribution in [-0.4, -0.2) is 50.0 Å². The highest BCUT2D eigenvalue weighted by Gasteiger charge is 2.28. The molecule has 2 amide bonds. The Bertz CT molecular complexity index is 1010. The van der Waals surface area contributed by atoms with Crippen LogP contribution in [0.15, 0.2) is 54.6 Å². The number of piperidine rings is 1. The second kappa shape index (κ2) is 8.86. The summed E-state index contributed by atoms with van der Waals surface area (Å²) in [6.07, 6.45) is 1.29. The predicted molar refractivity (Wildman–Crippen MR) is 111 cm³/mol. The topological polar surface area (TPSA) is 93.0 Å². The summed E-state index contributed by atoms with van der Waals surface area (Å²) in [6.45, 7) is 3.40. The van der Waals surface area contributed by atoms with Crippen LogP contribution in [0.1, 0.15) is 34.6 Å². The number of carbonyl (C=O) groups is 2. The molecule has 1 N–H and O–H groups in total. The SMILES string of the molecule is Cc1ccc(C(=O)N2CCC(C(=O)NCc3nnnn3-c3ccccc3)CC2)cc1. The van der Waals surface area contributed by atoms with E-state index >= 15 is 0 Å². The van der Waals surface area contributed by atoms with Gasteiger partial charge in [0.1, 0.15) is 0 Å². The number of hydrogen-bond acceptors (Lipinski definition) is 5. The molecule has 0 bridgehead atoms. The molecule has 1 fully saturated rings. The molecule has 1 aromatic heterocycles. The van der Waals surface area contributed by atoms with Gasteiger partial charge < -0.3 is 10.2 Å². The highest BCUT2D eigenvalue weighted by Crippen LogP contribution is 2.20. The fourth-order valence-electron chi connectivity index (χ4n) is 3.62. The number of benzene rings is 2. The van der Waals surface area contributed by atoms with E-state index in [2.05, 4.69) is 20.8 Å². The van der Waals surface area contributed by atoms with E-state index in [9.17, 15) is 9.59 Å². The predicted octanol–water partition coefficient (Wildman–Crippen LogP) is 2.14. The summed E-state index contributed by atoms with van der Waals surface area (Å²) in [5.41, 5.74) is 2.66. The van der Waals surface area contributed by atoms with Gasteiger partial charge in [-0.25, -0.2) is 0 Å². The molecule has 30 heavy (non-hydrogen) atoms. The Hall–Kier alpha value is -3.55. The summed E-state index contributed by atoms with van der Waals surface area (Å²) >= 11 is 0. The van der Waals surface area contributed by atoms with Crippen molar-refractivity contribution in [1.82, 2.24) is 30.4 Å². The van der Waals surface area contributed by atoms with Crippen molar-refractivity contribution in [3.63, 3.8) is 0 Å². The van der Waals surface area contributed by atoms with Crippen LogP contribution in [-0.2, 0) is 11.3 Å². The van der Waals surface area contributed by atoms with E-state index in [-0.39, 0.29) is 24.3 Å². The molecule has 2 heterocycles. The molecule has 2 aromatic carbocycles. The zero-order valence-corrected chi connectivity index (χ0v) is 16.9. The molecular weight excluding hydrogens is 380 g/mol. The maximum atomic E-state index is 12.6. The maximum absolute atomic E-state index is 12.6. The minimum Gasteiger partial charge on any atom is -0.348 e. The standard InChI is InChI=1S/C22H24N6O2/c1-16-7-9-18(10-8-16)22(30)27-13-11-17(12-14-27)21(29)23-15-20-24-25-26-28(20)19-5-3-2-4-6-19/h2-10,17H,11-15H2,1H3,(H,23,29). The molecular formula is C22H24N6O2. The molecule has 0 radical (unpaired) electrons. The summed E-state index contributed by atoms with van der Waals surface area (Å²) in [6, 6.07) is 17.1. The van der Waals surface area contributed by atoms with Gasteiger partial charge in [0.2, 0.25) is 5.91 Å². The van der Waals surface area contributed by atoms with Gasteiger partial charge in [-0.1, -0.05) is 35.9 Å². The molecule has 8 nitrogen and oxygen atoms in total. The number of carbonyl (C=O) groups excluding carboxylic acids is 2. The average Bonchev–Trinajstić information content (AvgIpc) is 3.27. The van der Waals surface area contributed by atoms with Crippen LogP contribution in [0.3, 0.4) is 0 Å². The van der Waals surface area contributed by atoms with Gasteiger partial charge in [0.05, 0.1) is 12.2 Å². The Labute approximate surface area is 174 Å². The van der Waals surface area contributed by atoms with Gasteiger partial charge in [0.25, 0.3) is 5.91 Å². The van der Waals surface area contributed by atoms with E-state index in [1.54, 1.807) is 4.68 Å². The second-order valence-electron chi connectivity index (χ2n) is 7.49. The first-order chi connectivity index (χ1) is 14.6. The third kappa shape index (κ3) is 4.37. The summed E-state index contributed by atoms with van der Waals surface area (Å²) in [5, 5.41) is 14.7. The van der Waals surface area contributed by atoms with Crippen LogP contribution in [0, 0.1) is 12.8 Å². The molecule has 1 aliphatic rings. The van der Waals surface area contributed by atoms with Crippen LogP contribution in [0.2, 0.25) is 0 Å². The summed E-state index contributed by atoms with van der Waals surface area (Å²) in [5.74, 6) is 0.450. The van der Waals surface area contributed by atoms with Crippen molar-refractivity contribution in [2.45, 2.75) is 26.3 Å². The van der Waals surface area contributed by atoms with E-state index in [1.165, 1.54) is 0 Å². The molecule has 4 rings (SSSR count). The summed E-state index contributed by atoms with van der Waals surface area (Å²) in [4.78, 5) is 27.1. The molecule has 0 unspecified atom stereocenters. The Balaban J connectivity index is 1.30. The Morgan fingerprint density at radius 3 is 2.43 bits per heavy atom. The third-order valence-electron chi connectivity index (χ3n) is 5.41. The van der Waals surface area contributed by atoms with E-state index in [1.807, 2.05) is 66.4 Å². The van der Waals surface area contributed by atoms with Gasteiger partial charge in [0, 0.05) is 24.6 Å². The summed E-state index contributed by atoms with van der Waals surface area (Å²) < 4.78 is 1.61. The van der Waals surface area contributed by atoms with Crippen molar-refractivity contribution >= 4 is 11.8 Å². The number of nitrogens with zero attached hydrogens (tertiary/aromatic N) is 5. The first kappa shape index (κ1) is 19.8. The maximum Gasteiger partial charge on any atom is 0.253 e. The highest BCUT2D eigenvalue weighted by atomic mass is 16.2. The molecule has 0 aliphatic carbocycles. The van der Waals surface area contributed by atoms with Gasteiger partial charge in [0.15, 0.2) is 5.82 Å². The molecule has 1 aliphatic heterocycles. The van der Waals surface area contributed by atoms with Crippen LogP contribution >= 0.6 is 0 Å². The lowest BCUT2D eigenvalue weighted by molar-refractivity contribution is -0.126. The lowest BCUT2D eigenvalue weighted by Gasteiger charge is -2.31. The minimum absolute atomic E-state index is 0.0240. The summed E-state index contributed by atoms with van der Waals surface area (Å²) in [7, 11) is 0. The van der Waals surface area contributed by atoms with Gasteiger partial charge in [-0.3, -0.25) is 9.59 Å². The largest absolute Gasteiger partial charge is 0.348 e. The number of hydrogen-bond donors (Lipinski definition) is 1. The highest BCUT2D eigenvalue weighted by molar-refractivity contribution is 5.94. The van der Waals surface area contributed by atoms with Crippen LogP contribution < -0.4 is 5.32 Å². The smallest absolute Gasteiger partial charge is 0.253 e. The van der Waals surface area contributed by atoms with E-state index in [0.717, 1.165) is 11.3 Å². The molecule has 3 aromatic rings. The van der Waals surface area contributed by atoms with Crippen molar-refractivity contribution < 1.29 is 9.59 Å². The van der Waals surface area contributed by atoms with E-state index in [0.29, 0.717) is 37.3 Å². The zero-order chi connectivity index (χ0) is 20.9. The van der Waals surface area contributed by atoms with Gasteiger partial charge in [-0.05, 0) is 54.5 Å². The Kier molecular flexibility index (Phi) is 5.83.